The minimum absolute atomic E-state index is 0.00251. The highest BCUT2D eigenvalue weighted by molar-refractivity contribution is 5.76. The van der Waals surface area contributed by atoms with Crippen LogP contribution in [-0.4, -0.2) is 46.1 Å². The van der Waals surface area contributed by atoms with Crippen molar-refractivity contribution >= 4 is 5.91 Å². The Kier molecular flexibility index (Phi) is 53.5. The van der Waals surface area contributed by atoms with E-state index in [4.69, 9.17) is 0 Å². The zero-order chi connectivity index (χ0) is 47.2. The van der Waals surface area contributed by atoms with Gasteiger partial charge in [0.05, 0.1) is 31.3 Å². The molecule has 0 aromatic carbocycles. The molecule has 1 amide bonds. The van der Waals surface area contributed by atoms with Crippen LogP contribution in [0.3, 0.4) is 0 Å². The van der Waals surface area contributed by atoms with Crippen molar-refractivity contribution in [2.75, 3.05) is 6.61 Å². The molecule has 0 radical (unpaired) electrons. The zero-order valence-electron chi connectivity index (χ0n) is 43.6. The third-order valence-corrected chi connectivity index (χ3v) is 13.3. The van der Waals surface area contributed by atoms with E-state index >= 15 is 0 Å². The second-order valence-corrected chi connectivity index (χ2v) is 19.9. The number of hydrogen-bond acceptors (Lipinski definition) is 4. The molecule has 0 aromatic heterocycles. The first-order valence-electron chi connectivity index (χ1n) is 28.9. The van der Waals surface area contributed by atoms with Gasteiger partial charge in [0.1, 0.15) is 0 Å². The molecule has 5 heteroatoms. The van der Waals surface area contributed by atoms with Gasteiger partial charge in [-0.2, -0.15) is 0 Å². The zero-order valence-corrected chi connectivity index (χ0v) is 43.6. The monoisotopic (exact) mass is 912 g/mol. The molecule has 0 aromatic rings. The number of nitrogens with one attached hydrogen (secondary N) is 1. The van der Waals surface area contributed by atoms with Gasteiger partial charge in [-0.15, -0.1) is 0 Å². The van der Waals surface area contributed by atoms with Crippen LogP contribution in [0, 0.1) is 0 Å². The molecule has 5 nitrogen and oxygen atoms in total. The minimum atomic E-state index is -0.956. The van der Waals surface area contributed by atoms with Crippen molar-refractivity contribution < 1.29 is 20.1 Å². The van der Waals surface area contributed by atoms with Gasteiger partial charge in [0.2, 0.25) is 5.91 Å². The topological polar surface area (TPSA) is 89.8 Å². The van der Waals surface area contributed by atoms with Crippen LogP contribution in [0.25, 0.3) is 0 Å². The summed E-state index contributed by atoms with van der Waals surface area (Å²) < 4.78 is 0. The molecule has 3 unspecified atom stereocenters. The van der Waals surface area contributed by atoms with Gasteiger partial charge in [0.25, 0.3) is 0 Å². The number of amides is 1. The lowest BCUT2D eigenvalue weighted by molar-refractivity contribution is -0.124. The molecule has 0 aliphatic heterocycles. The van der Waals surface area contributed by atoms with Crippen molar-refractivity contribution in [3.05, 3.63) is 48.6 Å². The third-order valence-electron chi connectivity index (χ3n) is 13.3. The fourth-order valence-corrected chi connectivity index (χ4v) is 8.92. The molecule has 4 N–H and O–H groups in total. The Morgan fingerprint density at radius 1 is 0.400 bits per heavy atom. The van der Waals surface area contributed by atoms with E-state index in [1.807, 2.05) is 6.08 Å². The number of carbonyl (C=O) groups is 1. The predicted molar refractivity (Wildman–Crippen MR) is 287 cm³/mol. The van der Waals surface area contributed by atoms with Crippen LogP contribution in [0.4, 0.5) is 0 Å². The molecule has 0 aliphatic carbocycles. The van der Waals surface area contributed by atoms with Crippen LogP contribution < -0.4 is 5.32 Å². The first-order valence-corrected chi connectivity index (χ1v) is 28.9. The van der Waals surface area contributed by atoms with E-state index in [0.29, 0.717) is 6.42 Å². The highest BCUT2D eigenvalue weighted by Gasteiger charge is 2.20. The van der Waals surface area contributed by atoms with Gasteiger partial charge in [0, 0.05) is 0 Å². The molecule has 0 saturated heterocycles. The third kappa shape index (κ3) is 51.5. The molecule has 0 saturated carbocycles. The Morgan fingerprint density at radius 3 is 1.08 bits per heavy atom. The molecule has 3 atom stereocenters. The van der Waals surface area contributed by atoms with E-state index < -0.39 is 18.2 Å². The van der Waals surface area contributed by atoms with Crippen molar-refractivity contribution in [2.45, 2.75) is 321 Å². The average Bonchev–Trinajstić information content (AvgIpc) is 3.30. The van der Waals surface area contributed by atoms with E-state index in [9.17, 15) is 20.1 Å². The molecule has 382 valence electrons. The molecule has 0 fully saturated rings. The summed E-state index contributed by atoms with van der Waals surface area (Å²) in [5.41, 5.74) is 0. The Bertz CT molecular complexity index is 1050. The molecule has 0 rings (SSSR count). The first kappa shape index (κ1) is 63.3. The lowest BCUT2D eigenvalue weighted by atomic mass is 10.0. The quantitative estimate of drug-likeness (QED) is 0.0361. The minimum Gasteiger partial charge on any atom is -0.394 e. The Morgan fingerprint density at radius 2 is 0.708 bits per heavy atom. The summed E-state index contributed by atoms with van der Waals surface area (Å²) in [6, 6.07) is -0.765. The molecule has 0 aliphatic rings. The smallest absolute Gasteiger partial charge is 0.222 e. The number of carbonyl (C=O) groups excluding carboxylic acids is 1. The fraction of sp³-hybridized carbons (Fsp3) is 0.850. The normalized spacial score (nSPS) is 13.6. The largest absolute Gasteiger partial charge is 0.394 e. The number of aliphatic hydroxyl groups excluding tert-OH is 3. The van der Waals surface area contributed by atoms with E-state index in [2.05, 4.69) is 55.6 Å². The summed E-state index contributed by atoms with van der Waals surface area (Å²) in [4.78, 5) is 12.5. The number of unbranched alkanes of at least 4 members (excludes halogenated alkanes) is 38. The Balaban J connectivity index is 3.62. The van der Waals surface area contributed by atoms with Crippen LogP contribution in [0.15, 0.2) is 48.6 Å². The molecule has 0 bridgehead atoms. The predicted octanol–water partition coefficient (Wildman–Crippen LogP) is 18.0. The van der Waals surface area contributed by atoms with Gasteiger partial charge in [-0.05, 0) is 64.2 Å². The molecular weight excluding hydrogens is 799 g/mol. The number of aliphatic hydroxyl groups is 3. The Hall–Kier alpha value is -1.69. The van der Waals surface area contributed by atoms with Gasteiger partial charge < -0.3 is 20.6 Å². The maximum Gasteiger partial charge on any atom is 0.222 e. The molecular formula is C60H113NO4. The Labute approximate surface area is 406 Å². The van der Waals surface area contributed by atoms with Crippen LogP contribution in [0.1, 0.15) is 303 Å². The maximum absolute atomic E-state index is 12.5. The highest BCUT2D eigenvalue weighted by Crippen LogP contribution is 2.17. The molecule has 0 spiro atoms. The van der Waals surface area contributed by atoms with Crippen molar-refractivity contribution in [3.8, 4) is 0 Å². The summed E-state index contributed by atoms with van der Waals surface area (Å²) in [6.45, 7) is 4.23. The summed E-state index contributed by atoms with van der Waals surface area (Å²) in [7, 11) is 0. The molecule has 0 heterocycles. The van der Waals surface area contributed by atoms with Crippen LogP contribution in [0.2, 0.25) is 0 Å². The summed E-state index contributed by atoms with van der Waals surface area (Å²) >= 11 is 0. The summed E-state index contributed by atoms with van der Waals surface area (Å²) in [5, 5.41) is 33.5. The van der Waals surface area contributed by atoms with E-state index in [1.165, 1.54) is 238 Å². The van der Waals surface area contributed by atoms with Crippen molar-refractivity contribution in [1.82, 2.24) is 5.32 Å². The van der Waals surface area contributed by atoms with Gasteiger partial charge in [0.15, 0.2) is 0 Å². The van der Waals surface area contributed by atoms with E-state index in [1.54, 1.807) is 6.08 Å². The van der Waals surface area contributed by atoms with Gasteiger partial charge in [-0.3, -0.25) is 4.79 Å². The maximum atomic E-state index is 12.5. The highest BCUT2D eigenvalue weighted by atomic mass is 16.3. The number of rotatable bonds is 53. The summed E-state index contributed by atoms with van der Waals surface area (Å²) in [5.74, 6) is -0.325. The van der Waals surface area contributed by atoms with Crippen molar-refractivity contribution in [1.29, 1.82) is 0 Å². The number of hydrogen-bond donors (Lipinski definition) is 4. The van der Waals surface area contributed by atoms with Crippen molar-refractivity contribution in [3.63, 3.8) is 0 Å². The lowest BCUT2D eigenvalue weighted by Gasteiger charge is -2.21. The first-order chi connectivity index (χ1) is 32.0. The number of allylic oxidation sites excluding steroid dienone is 7. The lowest BCUT2D eigenvalue weighted by Crippen LogP contribution is -2.45. The van der Waals surface area contributed by atoms with Crippen LogP contribution in [-0.2, 0) is 4.79 Å². The molecule has 65 heavy (non-hydrogen) atoms. The van der Waals surface area contributed by atoms with Gasteiger partial charge >= 0.3 is 0 Å². The van der Waals surface area contributed by atoms with Gasteiger partial charge in [-0.1, -0.05) is 281 Å². The fourth-order valence-electron chi connectivity index (χ4n) is 8.92. The van der Waals surface area contributed by atoms with Gasteiger partial charge in [-0.25, -0.2) is 0 Å². The van der Waals surface area contributed by atoms with Crippen molar-refractivity contribution in [2.24, 2.45) is 0 Å². The second-order valence-electron chi connectivity index (χ2n) is 19.9. The van der Waals surface area contributed by atoms with E-state index in [-0.39, 0.29) is 18.9 Å². The second kappa shape index (κ2) is 54.9. The average molecular weight is 913 g/mol. The van der Waals surface area contributed by atoms with Crippen LogP contribution >= 0.6 is 0 Å². The SMILES string of the molecule is CCCCCCCCCCC/C=C\C/C=C\CCCCCCCCCCCC(O)CC(=O)NC(CO)C(O)/C=C/CC/C=C/CCCCCCCCCCCCCCCCCCCCC. The van der Waals surface area contributed by atoms with Crippen LogP contribution in [0.5, 0.6) is 0 Å². The summed E-state index contributed by atoms with van der Waals surface area (Å²) in [6.07, 6.45) is 73.0. The standard InChI is InChI=1S/C60H113NO4/c1-3-5-7-9-11-13-15-17-19-21-23-25-27-29-31-33-35-37-39-41-43-45-47-49-51-53-57(63)55-60(65)61-58(56-62)59(64)54-52-50-48-46-44-42-40-38-36-34-32-30-28-26-24-22-20-18-16-14-12-10-8-6-4-2/h23,25,29,31,44,46,52,54,57-59,62-64H,3-22,24,26-28,30,32-43,45,47-51,53,55-56H2,1-2H3,(H,61,65)/b25-23-,31-29-,46-44+,54-52+. The van der Waals surface area contributed by atoms with E-state index in [0.717, 1.165) is 38.5 Å².